The fraction of sp³-hybridized carbons (Fsp3) is 0.0625. The second-order valence-corrected chi connectivity index (χ2v) is 7.42. The highest BCUT2D eigenvalue weighted by Gasteiger charge is 2.12. The zero-order valence-corrected chi connectivity index (χ0v) is 18.1. The first-order valence-corrected chi connectivity index (χ1v) is 9.48. The number of halogens is 2. The molecule has 2 aromatic carbocycles. The molecule has 3 N–H and O–H groups in total. The lowest BCUT2D eigenvalue weighted by Crippen LogP contribution is -2.48. The Morgan fingerprint density at radius 3 is 2.36 bits per heavy atom. The fourth-order valence-corrected chi connectivity index (χ4v) is 3.35. The summed E-state index contributed by atoms with van der Waals surface area (Å²) in [5.41, 5.74) is 5.91. The van der Waals surface area contributed by atoms with Crippen molar-refractivity contribution < 1.29 is 14.3 Å². The molecule has 2 aromatic rings. The van der Waals surface area contributed by atoms with Crippen LogP contribution < -0.4 is 20.9 Å². The van der Waals surface area contributed by atoms with Gasteiger partial charge in [-0.3, -0.25) is 25.8 Å². The summed E-state index contributed by atoms with van der Waals surface area (Å²) in [6, 6.07) is 12.1. The van der Waals surface area contributed by atoms with Crippen LogP contribution in [0.1, 0.15) is 20.7 Å². The van der Waals surface area contributed by atoms with E-state index < -0.39 is 0 Å². The molecule has 0 aliphatic carbocycles. The second kappa shape index (κ2) is 9.29. The van der Waals surface area contributed by atoms with E-state index in [1.54, 1.807) is 37.4 Å². The minimum atomic E-state index is -0.387. The van der Waals surface area contributed by atoms with E-state index in [0.717, 1.165) is 7.14 Å². The quantitative estimate of drug-likeness (QED) is 0.296. The number of amides is 2. The van der Waals surface area contributed by atoms with Gasteiger partial charge in [0.15, 0.2) is 5.11 Å². The molecule has 25 heavy (non-hydrogen) atoms. The average Bonchev–Trinajstić information content (AvgIpc) is 2.60. The number of nitrogens with one attached hydrogen (secondary N) is 3. The molecule has 0 saturated carbocycles. The topological polar surface area (TPSA) is 79.5 Å². The average molecular weight is 581 g/mol. The van der Waals surface area contributed by atoms with Gasteiger partial charge >= 0.3 is 0 Å². The molecule has 0 unspecified atom stereocenters. The highest BCUT2D eigenvalue weighted by Crippen LogP contribution is 2.21. The standard InChI is InChI=1S/C16H13I2N3O3S/c1-24-13-7-6-9(8-12(13)18)14(22)19-16(25)21-20-15(23)10-4-2-3-5-11(10)17/h2-8H,1H3,(H,20,23)(H2,19,21,22,25). The zero-order valence-electron chi connectivity index (χ0n) is 12.9. The van der Waals surface area contributed by atoms with Crippen LogP contribution >= 0.6 is 57.4 Å². The van der Waals surface area contributed by atoms with E-state index in [0.29, 0.717) is 16.9 Å². The van der Waals surface area contributed by atoms with Crippen LogP contribution in [0.25, 0.3) is 0 Å². The highest BCUT2D eigenvalue weighted by molar-refractivity contribution is 14.1. The lowest BCUT2D eigenvalue weighted by atomic mass is 10.2. The van der Waals surface area contributed by atoms with Crippen molar-refractivity contribution >= 4 is 74.3 Å². The largest absolute Gasteiger partial charge is 0.496 e. The number of hydrazine groups is 1. The molecule has 9 heteroatoms. The highest BCUT2D eigenvalue weighted by atomic mass is 127. The Hall–Kier alpha value is -1.47. The van der Waals surface area contributed by atoms with Gasteiger partial charge in [-0.05, 0) is 87.7 Å². The molecular weight excluding hydrogens is 568 g/mol. The number of hydrogen-bond donors (Lipinski definition) is 3. The molecule has 0 heterocycles. The van der Waals surface area contributed by atoms with E-state index in [1.165, 1.54) is 0 Å². The van der Waals surface area contributed by atoms with Gasteiger partial charge in [0.05, 0.1) is 16.2 Å². The Morgan fingerprint density at radius 1 is 1.00 bits per heavy atom. The lowest BCUT2D eigenvalue weighted by Gasteiger charge is -2.12. The van der Waals surface area contributed by atoms with Crippen LogP contribution in [0.2, 0.25) is 0 Å². The molecule has 2 amide bonds. The van der Waals surface area contributed by atoms with Crippen LogP contribution in [-0.2, 0) is 0 Å². The monoisotopic (exact) mass is 581 g/mol. The molecule has 0 saturated heterocycles. The summed E-state index contributed by atoms with van der Waals surface area (Å²) in [6.07, 6.45) is 0. The number of thiocarbonyl (C=S) groups is 1. The van der Waals surface area contributed by atoms with Crippen LogP contribution in [0.15, 0.2) is 42.5 Å². The van der Waals surface area contributed by atoms with Gasteiger partial charge in [0.25, 0.3) is 11.8 Å². The predicted molar refractivity (Wildman–Crippen MR) is 116 cm³/mol. The van der Waals surface area contributed by atoms with Crippen LogP contribution in [0.3, 0.4) is 0 Å². The Morgan fingerprint density at radius 2 is 1.72 bits per heavy atom. The van der Waals surface area contributed by atoms with Crippen LogP contribution in [-0.4, -0.2) is 24.0 Å². The molecule has 0 aromatic heterocycles. The molecule has 0 bridgehead atoms. The Balaban J connectivity index is 1.92. The van der Waals surface area contributed by atoms with Crippen LogP contribution in [0, 0.1) is 7.14 Å². The van der Waals surface area contributed by atoms with Gasteiger partial charge in [0.2, 0.25) is 0 Å². The molecule has 0 spiro atoms. The van der Waals surface area contributed by atoms with Crippen molar-refractivity contribution in [1.29, 1.82) is 0 Å². The molecule has 130 valence electrons. The summed E-state index contributed by atoms with van der Waals surface area (Å²) in [5.74, 6) is -0.0511. The van der Waals surface area contributed by atoms with E-state index in [2.05, 4.69) is 61.4 Å². The Bertz CT molecular complexity index is 830. The van der Waals surface area contributed by atoms with Gasteiger partial charge in [-0.15, -0.1) is 0 Å². The first-order chi connectivity index (χ1) is 11.9. The van der Waals surface area contributed by atoms with Gasteiger partial charge < -0.3 is 4.74 Å². The van der Waals surface area contributed by atoms with E-state index in [9.17, 15) is 9.59 Å². The molecule has 0 aliphatic rings. The summed E-state index contributed by atoms with van der Waals surface area (Å²) >= 11 is 9.17. The van der Waals surface area contributed by atoms with Crippen molar-refractivity contribution in [1.82, 2.24) is 16.2 Å². The minimum Gasteiger partial charge on any atom is -0.496 e. The number of carbonyl (C=O) groups is 2. The first-order valence-electron chi connectivity index (χ1n) is 6.92. The third kappa shape index (κ3) is 5.51. The molecule has 0 radical (unpaired) electrons. The molecule has 6 nitrogen and oxygen atoms in total. The first kappa shape index (κ1) is 19.8. The predicted octanol–water partition coefficient (Wildman–Crippen LogP) is 2.85. The molecule has 0 aliphatic heterocycles. The summed E-state index contributed by atoms with van der Waals surface area (Å²) in [6.45, 7) is 0. The van der Waals surface area contributed by atoms with Crippen molar-refractivity contribution in [3.05, 3.63) is 60.7 Å². The number of hydrogen-bond acceptors (Lipinski definition) is 4. The van der Waals surface area contributed by atoms with Crippen molar-refractivity contribution in [2.24, 2.45) is 0 Å². The summed E-state index contributed by atoms with van der Waals surface area (Å²) < 4.78 is 6.76. The van der Waals surface area contributed by atoms with Gasteiger partial charge in [0, 0.05) is 9.13 Å². The maximum Gasteiger partial charge on any atom is 0.270 e. The van der Waals surface area contributed by atoms with Crippen molar-refractivity contribution in [3.63, 3.8) is 0 Å². The number of ether oxygens (including phenoxy) is 1. The van der Waals surface area contributed by atoms with Crippen molar-refractivity contribution in [2.45, 2.75) is 0 Å². The SMILES string of the molecule is COc1ccc(C(=O)NC(=S)NNC(=O)c2ccccc2I)cc1I. The van der Waals surface area contributed by atoms with Crippen molar-refractivity contribution in [3.8, 4) is 5.75 Å². The molecule has 2 rings (SSSR count). The Labute approximate surface area is 177 Å². The summed E-state index contributed by atoms with van der Waals surface area (Å²) in [7, 11) is 1.56. The van der Waals surface area contributed by atoms with Crippen LogP contribution in [0.4, 0.5) is 0 Å². The zero-order chi connectivity index (χ0) is 18.4. The second-order valence-electron chi connectivity index (χ2n) is 4.69. The fourth-order valence-electron chi connectivity index (χ4n) is 1.84. The van der Waals surface area contributed by atoms with Gasteiger partial charge in [-0.25, -0.2) is 0 Å². The smallest absolute Gasteiger partial charge is 0.270 e. The number of rotatable bonds is 3. The number of benzene rings is 2. The van der Waals surface area contributed by atoms with E-state index >= 15 is 0 Å². The molecular formula is C16H13I2N3O3S. The maximum absolute atomic E-state index is 12.2. The van der Waals surface area contributed by atoms with Gasteiger partial charge in [-0.1, -0.05) is 12.1 Å². The van der Waals surface area contributed by atoms with Gasteiger partial charge in [-0.2, -0.15) is 0 Å². The minimum absolute atomic E-state index is 0.00452. The molecule has 0 atom stereocenters. The lowest BCUT2D eigenvalue weighted by molar-refractivity contribution is 0.0934. The normalized spacial score (nSPS) is 9.88. The summed E-state index contributed by atoms with van der Waals surface area (Å²) in [5, 5.41) is 2.50. The van der Waals surface area contributed by atoms with Crippen molar-refractivity contribution in [2.75, 3.05) is 7.11 Å². The van der Waals surface area contributed by atoms with E-state index in [-0.39, 0.29) is 16.9 Å². The molecule has 0 fully saturated rings. The maximum atomic E-state index is 12.2. The number of methoxy groups -OCH3 is 1. The van der Waals surface area contributed by atoms with Crippen LogP contribution in [0.5, 0.6) is 5.75 Å². The Kier molecular flexibility index (Phi) is 7.38. The van der Waals surface area contributed by atoms with E-state index in [4.69, 9.17) is 17.0 Å². The summed E-state index contributed by atoms with van der Waals surface area (Å²) in [4.78, 5) is 24.3. The third-order valence-corrected chi connectivity index (χ3v) is 5.04. The van der Waals surface area contributed by atoms with E-state index in [1.807, 2.05) is 12.1 Å². The van der Waals surface area contributed by atoms with Gasteiger partial charge in [0.1, 0.15) is 5.75 Å². The third-order valence-electron chi connectivity index (χ3n) is 3.05. The number of carbonyl (C=O) groups excluding carboxylic acids is 2.